The summed E-state index contributed by atoms with van der Waals surface area (Å²) in [7, 11) is 0. The average Bonchev–Trinajstić information content (AvgIpc) is 3.20. The van der Waals surface area contributed by atoms with E-state index >= 15 is 0 Å². The van der Waals surface area contributed by atoms with Crippen molar-refractivity contribution in [3.8, 4) is 17.6 Å². The van der Waals surface area contributed by atoms with Gasteiger partial charge in [-0.25, -0.2) is 0 Å². The second-order valence-electron chi connectivity index (χ2n) is 5.99. The van der Waals surface area contributed by atoms with Gasteiger partial charge >= 0.3 is 0 Å². The number of hydrogen-bond donors (Lipinski definition) is 2. The third kappa shape index (κ3) is 3.83. The van der Waals surface area contributed by atoms with Crippen LogP contribution in [0.2, 0.25) is 0 Å². The van der Waals surface area contributed by atoms with Crippen LogP contribution in [0.15, 0.2) is 54.6 Å². The molecule has 2 heterocycles. The quantitative estimate of drug-likeness (QED) is 0.708. The molecule has 0 unspecified atom stereocenters. The fraction of sp³-hybridized carbons (Fsp3) is 0.100. The summed E-state index contributed by atoms with van der Waals surface area (Å²) in [5, 5.41) is 22.7. The Hall–Kier alpha value is -4.12. The molecule has 0 aliphatic carbocycles. The van der Waals surface area contributed by atoms with Crippen LogP contribution in [0.5, 0.6) is 11.5 Å². The maximum atomic E-state index is 12.3. The zero-order chi connectivity index (χ0) is 19.3. The van der Waals surface area contributed by atoms with Gasteiger partial charge in [0.1, 0.15) is 0 Å². The minimum atomic E-state index is -0.330. The lowest BCUT2D eigenvalue weighted by Crippen LogP contribution is -2.24. The van der Waals surface area contributed by atoms with Crippen LogP contribution in [-0.4, -0.2) is 22.9 Å². The Balaban J connectivity index is 1.36. The average molecular weight is 373 g/mol. The van der Waals surface area contributed by atoms with Crippen LogP contribution in [0.3, 0.4) is 0 Å². The van der Waals surface area contributed by atoms with E-state index in [1.54, 1.807) is 30.3 Å². The Morgan fingerprint density at radius 2 is 1.96 bits per heavy atom. The molecule has 1 aliphatic rings. The van der Waals surface area contributed by atoms with E-state index in [4.69, 9.17) is 14.7 Å². The van der Waals surface area contributed by atoms with E-state index in [0.717, 1.165) is 5.56 Å². The summed E-state index contributed by atoms with van der Waals surface area (Å²) in [6.45, 7) is 0.542. The van der Waals surface area contributed by atoms with E-state index in [-0.39, 0.29) is 18.4 Å². The van der Waals surface area contributed by atoms with Crippen molar-refractivity contribution >= 4 is 17.4 Å². The lowest BCUT2D eigenvalue weighted by atomic mass is 10.2. The highest BCUT2D eigenvalue weighted by molar-refractivity contribution is 5.92. The minimum Gasteiger partial charge on any atom is -0.454 e. The van der Waals surface area contributed by atoms with Crippen LogP contribution in [0.1, 0.15) is 21.6 Å². The third-order valence-electron chi connectivity index (χ3n) is 4.05. The number of amides is 1. The summed E-state index contributed by atoms with van der Waals surface area (Å²) in [5.74, 6) is 1.51. The number of nitrogens with one attached hydrogen (secondary N) is 2. The summed E-state index contributed by atoms with van der Waals surface area (Å²) in [5.41, 5.74) is 2.35. The van der Waals surface area contributed by atoms with Gasteiger partial charge in [0.15, 0.2) is 23.0 Å². The van der Waals surface area contributed by atoms with E-state index in [1.165, 1.54) is 0 Å². The molecule has 8 nitrogen and oxygen atoms in total. The van der Waals surface area contributed by atoms with Gasteiger partial charge in [-0.1, -0.05) is 12.1 Å². The molecule has 0 radical (unpaired) electrons. The van der Waals surface area contributed by atoms with Crippen molar-refractivity contribution in [2.75, 3.05) is 12.1 Å². The molecule has 4 rings (SSSR count). The van der Waals surface area contributed by atoms with Gasteiger partial charge in [-0.15, -0.1) is 10.2 Å². The van der Waals surface area contributed by atoms with Crippen molar-refractivity contribution in [2.24, 2.45) is 0 Å². The second kappa shape index (κ2) is 7.63. The molecular formula is C20H15N5O3. The van der Waals surface area contributed by atoms with Gasteiger partial charge in [0, 0.05) is 12.2 Å². The first kappa shape index (κ1) is 17.3. The van der Waals surface area contributed by atoms with Gasteiger partial charge in [-0.2, -0.15) is 5.26 Å². The number of benzene rings is 2. The number of fused-ring (bicyclic) bond motifs is 1. The van der Waals surface area contributed by atoms with Crippen LogP contribution >= 0.6 is 0 Å². The van der Waals surface area contributed by atoms with Crippen LogP contribution in [0.25, 0.3) is 0 Å². The Bertz CT molecular complexity index is 1060. The molecule has 0 saturated heterocycles. The van der Waals surface area contributed by atoms with Gasteiger partial charge in [-0.05, 0) is 48.0 Å². The highest BCUT2D eigenvalue weighted by atomic mass is 16.7. The van der Waals surface area contributed by atoms with Gasteiger partial charge in [-0.3, -0.25) is 4.79 Å². The van der Waals surface area contributed by atoms with Crippen molar-refractivity contribution in [3.05, 3.63) is 71.4 Å². The summed E-state index contributed by atoms with van der Waals surface area (Å²) in [6.07, 6.45) is 0. The van der Waals surface area contributed by atoms with Crippen molar-refractivity contribution in [1.29, 1.82) is 5.26 Å². The number of rotatable bonds is 5. The van der Waals surface area contributed by atoms with Crippen LogP contribution in [-0.2, 0) is 6.54 Å². The molecule has 1 amide bonds. The van der Waals surface area contributed by atoms with Gasteiger partial charge < -0.3 is 20.1 Å². The number of nitriles is 1. The van der Waals surface area contributed by atoms with Crippen molar-refractivity contribution < 1.29 is 14.3 Å². The molecular weight excluding hydrogens is 358 g/mol. The first-order valence-corrected chi connectivity index (χ1v) is 8.49. The molecule has 0 bridgehead atoms. The fourth-order valence-corrected chi connectivity index (χ4v) is 2.66. The molecule has 8 heteroatoms. The fourth-order valence-electron chi connectivity index (χ4n) is 2.66. The Labute approximate surface area is 160 Å². The standard InChI is InChI=1S/C20H15N5O3/c21-10-13-2-1-3-15(8-13)23-19-7-5-16(24-25-19)20(26)22-11-14-4-6-17-18(9-14)28-12-27-17/h1-9H,11-12H2,(H,22,26)(H,23,25). The van der Waals surface area contributed by atoms with Crippen molar-refractivity contribution in [3.63, 3.8) is 0 Å². The summed E-state index contributed by atoms with van der Waals surface area (Å²) in [6, 6.07) is 17.8. The SMILES string of the molecule is N#Cc1cccc(Nc2ccc(C(=O)NCc3ccc4c(c3)OCO4)nn2)c1. The Morgan fingerprint density at radius 3 is 2.79 bits per heavy atom. The van der Waals surface area contributed by atoms with E-state index in [1.807, 2.05) is 24.3 Å². The lowest BCUT2D eigenvalue weighted by molar-refractivity contribution is 0.0945. The zero-order valence-electron chi connectivity index (χ0n) is 14.7. The molecule has 28 heavy (non-hydrogen) atoms. The third-order valence-corrected chi connectivity index (χ3v) is 4.05. The largest absolute Gasteiger partial charge is 0.454 e. The molecule has 2 N–H and O–H groups in total. The number of aromatic nitrogens is 2. The first-order valence-electron chi connectivity index (χ1n) is 8.49. The van der Waals surface area contributed by atoms with E-state index < -0.39 is 0 Å². The summed E-state index contributed by atoms with van der Waals surface area (Å²) in [4.78, 5) is 12.3. The summed E-state index contributed by atoms with van der Waals surface area (Å²) >= 11 is 0. The molecule has 1 aliphatic heterocycles. The number of ether oxygens (including phenoxy) is 2. The monoisotopic (exact) mass is 373 g/mol. The number of carbonyl (C=O) groups is 1. The van der Waals surface area contributed by atoms with Crippen LogP contribution in [0, 0.1) is 11.3 Å². The smallest absolute Gasteiger partial charge is 0.272 e. The number of carbonyl (C=O) groups excluding carboxylic acids is 1. The van der Waals surface area contributed by atoms with E-state index in [0.29, 0.717) is 35.1 Å². The highest BCUT2D eigenvalue weighted by Crippen LogP contribution is 2.32. The molecule has 0 fully saturated rings. The maximum Gasteiger partial charge on any atom is 0.272 e. The molecule has 2 aromatic carbocycles. The van der Waals surface area contributed by atoms with Crippen molar-refractivity contribution in [1.82, 2.24) is 15.5 Å². The predicted molar refractivity (Wildman–Crippen MR) is 100 cm³/mol. The second-order valence-corrected chi connectivity index (χ2v) is 5.99. The van der Waals surface area contributed by atoms with Gasteiger partial charge in [0.25, 0.3) is 5.91 Å². The van der Waals surface area contributed by atoms with Crippen LogP contribution < -0.4 is 20.1 Å². The number of hydrogen-bond acceptors (Lipinski definition) is 7. The van der Waals surface area contributed by atoms with Crippen molar-refractivity contribution in [2.45, 2.75) is 6.54 Å². The normalized spacial score (nSPS) is 11.5. The van der Waals surface area contributed by atoms with Gasteiger partial charge in [0.05, 0.1) is 11.6 Å². The Kier molecular flexibility index (Phi) is 4.72. The molecule has 1 aromatic heterocycles. The van der Waals surface area contributed by atoms with Gasteiger partial charge in [0.2, 0.25) is 6.79 Å². The number of anilines is 2. The first-order chi connectivity index (χ1) is 13.7. The molecule has 0 atom stereocenters. The Morgan fingerprint density at radius 1 is 1.07 bits per heavy atom. The lowest BCUT2D eigenvalue weighted by Gasteiger charge is -2.07. The molecule has 0 spiro atoms. The molecule has 3 aromatic rings. The van der Waals surface area contributed by atoms with E-state index in [2.05, 4.69) is 26.9 Å². The number of nitrogens with zero attached hydrogens (tertiary/aromatic N) is 3. The minimum absolute atomic E-state index is 0.206. The summed E-state index contributed by atoms with van der Waals surface area (Å²) < 4.78 is 10.6. The van der Waals surface area contributed by atoms with Crippen LogP contribution in [0.4, 0.5) is 11.5 Å². The highest BCUT2D eigenvalue weighted by Gasteiger charge is 2.14. The topological polar surface area (TPSA) is 109 Å². The zero-order valence-corrected chi connectivity index (χ0v) is 14.7. The van der Waals surface area contributed by atoms with E-state index in [9.17, 15) is 4.79 Å². The molecule has 0 saturated carbocycles. The maximum absolute atomic E-state index is 12.3. The molecule has 138 valence electrons. The predicted octanol–water partition coefficient (Wildman–Crippen LogP) is 2.75.